The van der Waals surface area contributed by atoms with Gasteiger partial charge in [-0.15, -0.1) is 11.8 Å². The lowest BCUT2D eigenvalue weighted by atomic mass is 10.1. The Bertz CT molecular complexity index is 569. The number of rotatable bonds is 6. The van der Waals surface area contributed by atoms with Gasteiger partial charge in [-0.25, -0.2) is 0 Å². The molecule has 0 aromatic carbocycles. The lowest BCUT2D eigenvalue weighted by molar-refractivity contribution is -0.150. The largest absolute Gasteiger partial charge is 0.480 e. The van der Waals surface area contributed by atoms with Crippen LogP contribution in [-0.4, -0.2) is 101 Å². The van der Waals surface area contributed by atoms with Gasteiger partial charge in [0.05, 0.1) is 25.1 Å². The molecule has 2 saturated heterocycles. The van der Waals surface area contributed by atoms with Crippen LogP contribution in [0, 0.1) is 5.92 Å². The fourth-order valence-electron chi connectivity index (χ4n) is 4.16. The number of aliphatic carboxylic acids is 1. The van der Waals surface area contributed by atoms with Gasteiger partial charge in [0.1, 0.15) is 6.04 Å². The van der Waals surface area contributed by atoms with E-state index in [1.807, 2.05) is 0 Å². The van der Waals surface area contributed by atoms with Gasteiger partial charge in [-0.05, 0) is 19.9 Å². The van der Waals surface area contributed by atoms with Crippen LogP contribution in [0.1, 0.15) is 25.7 Å². The molecule has 2 atom stereocenters. The summed E-state index contributed by atoms with van der Waals surface area (Å²) < 4.78 is 5.71. The Hall–Kier alpha value is -1.32. The van der Waals surface area contributed by atoms with Crippen LogP contribution in [0.15, 0.2) is 0 Å². The van der Waals surface area contributed by atoms with Crippen LogP contribution in [0.4, 0.5) is 0 Å². The molecular formula is C18H29N3O5S. The number of carbonyl (C=O) groups is 3. The van der Waals surface area contributed by atoms with Gasteiger partial charge in [0.15, 0.2) is 0 Å². The van der Waals surface area contributed by atoms with Crippen LogP contribution in [-0.2, 0) is 19.1 Å². The highest BCUT2D eigenvalue weighted by atomic mass is 32.2. The van der Waals surface area contributed by atoms with E-state index < -0.39 is 5.97 Å². The van der Waals surface area contributed by atoms with Gasteiger partial charge in [-0.2, -0.15) is 0 Å². The zero-order valence-corrected chi connectivity index (χ0v) is 16.7. The summed E-state index contributed by atoms with van der Waals surface area (Å²) in [6, 6.07) is -0.376. The van der Waals surface area contributed by atoms with E-state index in [1.165, 1.54) is 0 Å². The van der Waals surface area contributed by atoms with Crippen molar-refractivity contribution in [3.8, 4) is 0 Å². The third-order valence-electron chi connectivity index (χ3n) is 5.53. The standard InChI is InChI=1S/C18H29N3O5S/c1-19(10-16(22)23)8-14-9-20(6-7-26-14)18(25)15-11-27-12-21(15)17(24)13-4-2-3-5-13/h13-15H,2-12H2,1H3,(H,22,23). The van der Waals surface area contributed by atoms with Gasteiger partial charge in [-0.1, -0.05) is 12.8 Å². The molecule has 1 saturated carbocycles. The van der Waals surface area contributed by atoms with Crippen LogP contribution in [0.25, 0.3) is 0 Å². The van der Waals surface area contributed by atoms with E-state index in [9.17, 15) is 14.4 Å². The van der Waals surface area contributed by atoms with Gasteiger partial charge in [0.2, 0.25) is 11.8 Å². The van der Waals surface area contributed by atoms with E-state index >= 15 is 0 Å². The second-order valence-electron chi connectivity index (χ2n) is 7.67. The maximum absolute atomic E-state index is 13.1. The summed E-state index contributed by atoms with van der Waals surface area (Å²) in [7, 11) is 1.73. The lowest BCUT2D eigenvalue weighted by Gasteiger charge is -2.37. The summed E-state index contributed by atoms with van der Waals surface area (Å²) >= 11 is 1.64. The first kappa shape index (κ1) is 20.4. The average Bonchev–Trinajstić information content (AvgIpc) is 3.31. The minimum absolute atomic E-state index is 0.000495. The molecule has 0 radical (unpaired) electrons. The Kier molecular flexibility index (Phi) is 6.99. The third-order valence-corrected chi connectivity index (χ3v) is 6.54. The molecule has 3 rings (SSSR count). The molecular weight excluding hydrogens is 370 g/mol. The summed E-state index contributed by atoms with van der Waals surface area (Å²) in [6.07, 6.45) is 3.88. The molecule has 0 aromatic rings. The van der Waals surface area contributed by atoms with Crippen LogP contribution < -0.4 is 0 Å². The molecule has 1 aliphatic carbocycles. The normalized spacial score (nSPS) is 26.7. The van der Waals surface area contributed by atoms with Crippen molar-refractivity contribution in [2.45, 2.75) is 37.8 Å². The van der Waals surface area contributed by atoms with Crippen molar-refractivity contribution in [2.75, 3.05) is 51.5 Å². The second-order valence-corrected chi connectivity index (χ2v) is 8.67. The molecule has 8 nitrogen and oxygen atoms in total. The molecule has 27 heavy (non-hydrogen) atoms. The Morgan fingerprint density at radius 3 is 2.67 bits per heavy atom. The smallest absolute Gasteiger partial charge is 0.317 e. The molecule has 1 N–H and O–H groups in total. The summed E-state index contributed by atoms with van der Waals surface area (Å²) in [5.74, 6) is 0.591. The number of morpholine rings is 1. The molecule has 3 aliphatic rings. The van der Waals surface area contributed by atoms with Crippen molar-refractivity contribution in [3.63, 3.8) is 0 Å². The van der Waals surface area contributed by atoms with Crippen LogP contribution in [0.2, 0.25) is 0 Å². The number of carbonyl (C=O) groups excluding carboxylic acids is 2. The van der Waals surface area contributed by atoms with E-state index in [4.69, 9.17) is 9.84 Å². The number of ether oxygens (including phenoxy) is 1. The fraction of sp³-hybridized carbons (Fsp3) is 0.833. The third kappa shape index (κ3) is 5.14. The van der Waals surface area contributed by atoms with Crippen molar-refractivity contribution in [1.29, 1.82) is 0 Å². The summed E-state index contributed by atoms with van der Waals surface area (Å²) in [6.45, 7) is 1.80. The summed E-state index contributed by atoms with van der Waals surface area (Å²) in [5, 5.41) is 8.88. The molecule has 0 spiro atoms. The molecule has 0 aromatic heterocycles. The van der Waals surface area contributed by atoms with Gasteiger partial charge in [0.25, 0.3) is 0 Å². The SMILES string of the molecule is CN(CC(=O)O)CC1CN(C(=O)C2CSCN2C(=O)C2CCCC2)CCO1. The molecule has 9 heteroatoms. The predicted octanol–water partition coefficient (Wildman–Crippen LogP) is 0.322. The molecule has 152 valence electrons. The van der Waals surface area contributed by atoms with Crippen molar-refractivity contribution in [1.82, 2.24) is 14.7 Å². The number of hydrogen-bond acceptors (Lipinski definition) is 6. The predicted molar refractivity (Wildman–Crippen MR) is 101 cm³/mol. The number of carboxylic acids is 1. The maximum Gasteiger partial charge on any atom is 0.317 e. The Morgan fingerprint density at radius 1 is 1.22 bits per heavy atom. The monoisotopic (exact) mass is 399 g/mol. The van der Waals surface area contributed by atoms with E-state index in [2.05, 4.69) is 0 Å². The highest BCUT2D eigenvalue weighted by Crippen LogP contribution is 2.31. The van der Waals surface area contributed by atoms with Gasteiger partial charge in [-0.3, -0.25) is 19.3 Å². The average molecular weight is 400 g/mol. The minimum Gasteiger partial charge on any atom is -0.480 e. The molecule has 2 amide bonds. The van der Waals surface area contributed by atoms with Crippen LogP contribution >= 0.6 is 11.8 Å². The Morgan fingerprint density at radius 2 is 1.96 bits per heavy atom. The molecule has 2 unspecified atom stereocenters. The Labute approximate surface area is 164 Å². The Balaban J connectivity index is 1.57. The summed E-state index contributed by atoms with van der Waals surface area (Å²) in [5.41, 5.74) is 0. The van der Waals surface area contributed by atoms with Gasteiger partial charge >= 0.3 is 5.97 Å². The zero-order chi connectivity index (χ0) is 19.4. The van der Waals surface area contributed by atoms with Crippen LogP contribution in [0.5, 0.6) is 0 Å². The van der Waals surface area contributed by atoms with Gasteiger partial charge < -0.3 is 19.6 Å². The van der Waals surface area contributed by atoms with Crippen molar-refractivity contribution < 1.29 is 24.2 Å². The van der Waals surface area contributed by atoms with Gasteiger partial charge in [0, 0.05) is 31.3 Å². The van der Waals surface area contributed by atoms with Crippen molar-refractivity contribution in [2.24, 2.45) is 5.92 Å². The van der Waals surface area contributed by atoms with E-state index in [1.54, 1.807) is 33.5 Å². The topological polar surface area (TPSA) is 90.4 Å². The summed E-state index contributed by atoms with van der Waals surface area (Å²) in [4.78, 5) is 42.0. The highest BCUT2D eigenvalue weighted by molar-refractivity contribution is 7.99. The first-order valence-electron chi connectivity index (χ1n) is 9.64. The zero-order valence-electron chi connectivity index (χ0n) is 15.8. The van der Waals surface area contributed by atoms with E-state index in [-0.39, 0.29) is 36.4 Å². The van der Waals surface area contributed by atoms with E-state index in [0.29, 0.717) is 37.9 Å². The molecule has 2 aliphatic heterocycles. The lowest BCUT2D eigenvalue weighted by Crippen LogP contribution is -2.55. The fourth-order valence-corrected chi connectivity index (χ4v) is 5.31. The maximum atomic E-state index is 13.1. The highest BCUT2D eigenvalue weighted by Gasteiger charge is 2.41. The molecule has 0 bridgehead atoms. The minimum atomic E-state index is -0.884. The number of amides is 2. The molecule has 2 heterocycles. The van der Waals surface area contributed by atoms with E-state index in [0.717, 1.165) is 25.7 Å². The molecule has 3 fully saturated rings. The number of hydrogen-bond donors (Lipinski definition) is 1. The first-order chi connectivity index (χ1) is 13.0. The van der Waals surface area contributed by atoms with Crippen LogP contribution in [0.3, 0.4) is 0 Å². The second kappa shape index (κ2) is 9.25. The number of likely N-dealkylation sites (N-methyl/N-ethyl adjacent to an activating group) is 1. The number of thioether (sulfide) groups is 1. The van der Waals surface area contributed by atoms with Crippen molar-refractivity contribution in [3.05, 3.63) is 0 Å². The first-order valence-corrected chi connectivity index (χ1v) is 10.8. The van der Waals surface area contributed by atoms with Crippen molar-refractivity contribution >= 4 is 29.5 Å². The quantitative estimate of drug-likeness (QED) is 0.688. The number of carboxylic acid groups (broad SMARTS) is 1. The number of nitrogens with zero attached hydrogens (tertiary/aromatic N) is 3.